The number of hydrogen-bond acceptors (Lipinski definition) is 3. The summed E-state index contributed by atoms with van der Waals surface area (Å²) in [5.74, 6) is 0.264. The van der Waals surface area contributed by atoms with E-state index in [0.29, 0.717) is 5.75 Å². The Hall–Kier alpha value is -1.61. The summed E-state index contributed by atoms with van der Waals surface area (Å²) in [6, 6.07) is 7.75. The first-order valence-electron chi connectivity index (χ1n) is 9.27. The van der Waals surface area contributed by atoms with Crippen LogP contribution in [-0.2, 0) is 16.0 Å². The maximum absolute atomic E-state index is 11.3. The number of benzene rings is 1. The van der Waals surface area contributed by atoms with E-state index in [1.54, 1.807) is 0 Å². The number of rotatable bonds is 14. The second kappa shape index (κ2) is 13.8. The summed E-state index contributed by atoms with van der Waals surface area (Å²) in [5.41, 5.74) is 1.10. The zero-order chi connectivity index (χ0) is 17.5. The second-order valence-electron chi connectivity index (χ2n) is 6.07. The predicted octanol–water partition coefficient (Wildman–Crippen LogP) is 5.48. The Bertz CT molecular complexity index is 468. The minimum atomic E-state index is -0.398. The summed E-state index contributed by atoms with van der Waals surface area (Å²) >= 11 is 0. The molecule has 0 aliphatic carbocycles. The van der Waals surface area contributed by atoms with Crippen LogP contribution in [0.25, 0.3) is 0 Å². The first-order valence-corrected chi connectivity index (χ1v) is 9.27. The van der Waals surface area contributed by atoms with Gasteiger partial charge in [0.15, 0.2) is 0 Å². The fourth-order valence-electron chi connectivity index (χ4n) is 2.61. The molecule has 0 saturated carbocycles. The molecule has 0 bridgehead atoms. The van der Waals surface area contributed by atoms with E-state index >= 15 is 0 Å². The van der Waals surface area contributed by atoms with Gasteiger partial charge in [0, 0.05) is 19.3 Å². The van der Waals surface area contributed by atoms with Crippen LogP contribution in [0, 0.1) is 0 Å². The molecular formula is C21H32O3. The van der Waals surface area contributed by atoms with E-state index in [9.17, 15) is 4.79 Å². The lowest BCUT2D eigenvalue weighted by molar-refractivity contribution is -0.129. The largest absolute Gasteiger partial charge is 0.423 e. The van der Waals surface area contributed by atoms with Crippen molar-refractivity contribution in [3.63, 3.8) is 0 Å². The van der Waals surface area contributed by atoms with Crippen molar-refractivity contribution in [2.45, 2.75) is 64.7 Å². The fourth-order valence-corrected chi connectivity index (χ4v) is 2.61. The van der Waals surface area contributed by atoms with Gasteiger partial charge in [-0.05, 0) is 37.3 Å². The Morgan fingerprint density at radius 1 is 1.00 bits per heavy atom. The molecule has 0 heterocycles. The van der Waals surface area contributed by atoms with Crippen LogP contribution in [-0.4, -0.2) is 19.2 Å². The van der Waals surface area contributed by atoms with Crippen molar-refractivity contribution in [2.75, 3.05) is 13.2 Å². The molecule has 0 aliphatic heterocycles. The van der Waals surface area contributed by atoms with Gasteiger partial charge >= 0.3 is 5.97 Å². The van der Waals surface area contributed by atoms with Gasteiger partial charge in [-0.3, -0.25) is 0 Å². The van der Waals surface area contributed by atoms with E-state index in [1.807, 2.05) is 24.3 Å². The van der Waals surface area contributed by atoms with Gasteiger partial charge in [0.2, 0.25) is 0 Å². The highest BCUT2D eigenvalue weighted by molar-refractivity contribution is 5.83. The van der Waals surface area contributed by atoms with Gasteiger partial charge in [-0.1, -0.05) is 63.8 Å². The summed E-state index contributed by atoms with van der Waals surface area (Å²) < 4.78 is 10.8. The highest BCUT2D eigenvalue weighted by Crippen LogP contribution is 2.21. The molecule has 134 valence electrons. The van der Waals surface area contributed by atoms with E-state index in [2.05, 4.69) is 13.5 Å². The van der Waals surface area contributed by atoms with E-state index in [4.69, 9.17) is 9.47 Å². The van der Waals surface area contributed by atoms with Crippen molar-refractivity contribution >= 4 is 5.97 Å². The minimum absolute atomic E-state index is 0.398. The molecule has 0 aromatic heterocycles. The molecular weight excluding hydrogens is 300 g/mol. The highest BCUT2D eigenvalue weighted by Gasteiger charge is 2.06. The van der Waals surface area contributed by atoms with Crippen LogP contribution in [0.4, 0.5) is 0 Å². The Morgan fingerprint density at radius 2 is 1.67 bits per heavy atom. The van der Waals surface area contributed by atoms with E-state index in [-0.39, 0.29) is 0 Å². The van der Waals surface area contributed by atoms with Crippen LogP contribution in [0.2, 0.25) is 0 Å². The number of carbonyl (C=O) groups is 1. The summed E-state index contributed by atoms with van der Waals surface area (Å²) in [7, 11) is 0. The SMILES string of the molecule is C=CC(=O)Oc1ccccc1CCCCCCCCCOCCC. The minimum Gasteiger partial charge on any atom is -0.423 e. The van der Waals surface area contributed by atoms with Crippen LogP contribution in [0.5, 0.6) is 5.75 Å². The zero-order valence-electron chi connectivity index (χ0n) is 15.1. The lowest BCUT2D eigenvalue weighted by atomic mass is 10.0. The van der Waals surface area contributed by atoms with Crippen molar-refractivity contribution in [2.24, 2.45) is 0 Å². The molecule has 24 heavy (non-hydrogen) atoms. The number of para-hydroxylation sites is 1. The van der Waals surface area contributed by atoms with Crippen molar-refractivity contribution in [3.05, 3.63) is 42.5 Å². The van der Waals surface area contributed by atoms with E-state index in [1.165, 1.54) is 44.6 Å². The third-order valence-corrected chi connectivity index (χ3v) is 3.93. The number of aryl methyl sites for hydroxylation is 1. The monoisotopic (exact) mass is 332 g/mol. The fraction of sp³-hybridized carbons (Fsp3) is 0.571. The van der Waals surface area contributed by atoms with Crippen LogP contribution in [0.3, 0.4) is 0 Å². The lowest BCUT2D eigenvalue weighted by Crippen LogP contribution is -2.05. The molecule has 0 aliphatic rings. The van der Waals surface area contributed by atoms with Crippen LogP contribution in [0.15, 0.2) is 36.9 Å². The average molecular weight is 332 g/mol. The van der Waals surface area contributed by atoms with Crippen molar-refractivity contribution < 1.29 is 14.3 Å². The van der Waals surface area contributed by atoms with Gasteiger partial charge in [-0.2, -0.15) is 0 Å². The van der Waals surface area contributed by atoms with Crippen molar-refractivity contribution in [1.29, 1.82) is 0 Å². The molecule has 0 atom stereocenters. The lowest BCUT2D eigenvalue weighted by Gasteiger charge is -2.08. The number of unbranched alkanes of at least 4 members (excludes halogenated alkanes) is 6. The van der Waals surface area contributed by atoms with Gasteiger partial charge in [0.25, 0.3) is 0 Å². The average Bonchev–Trinajstić information content (AvgIpc) is 2.60. The van der Waals surface area contributed by atoms with E-state index < -0.39 is 5.97 Å². The molecule has 1 aromatic carbocycles. The zero-order valence-corrected chi connectivity index (χ0v) is 15.1. The highest BCUT2D eigenvalue weighted by atomic mass is 16.5. The summed E-state index contributed by atoms with van der Waals surface area (Å²) in [4.78, 5) is 11.3. The topological polar surface area (TPSA) is 35.5 Å². The van der Waals surface area contributed by atoms with Crippen molar-refractivity contribution in [3.8, 4) is 5.75 Å². The molecule has 1 aromatic rings. The molecule has 0 saturated heterocycles. The van der Waals surface area contributed by atoms with Gasteiger partial charge in [0.1, 0.15) is 5.75 Å². The van der Waals surface area contributed by atoms with Gasteiger partial charge < -0.3 is 9.47 Å². The van der Waals surface area contributed by atoms with E-state index in [0.717, 1.165) is 38.0 Å². The molecule has 3 nitrogen and oxygen atoms in total. The quantitative estimate of drug-likeness (QED) is 0.196. The maximum atomic E-state index is 11.3. The standard InChI is InChI=1S/C21H32O3/c1-3-17-23-18-13-9-7-5-6-8-10-14-19-15-11-12-16-20(19)24-21(22)4-2/h4,11-12,15-16H,2-3,5-10,13-14,17-18H2,1H3. The molecule has 0 N–H and O–H groups in total. The third kappa shape index (κ3) is 9.51. The van der Waals surface area contributed by atoms with Gasteiger partial charge in [-0.25, -0.2) is 4.79 Å². The Morgan fingerprint density at radius 3 is 2.38 bits per heavy atom. The molecule has 0 amide bonds. The molecule has 0 radical (unpaired) electrons. The predicted molar refractivity (Wildman–Crippen MR) is 99.4 cm³/mol. The maximum Gasteiger partial charge on any atom is 0.335 e. The van der Waals surface area contributed by atoms with Crippen LogP contribution < -0.4 is 4.74 Å². The number of esters is 1. The second-order valence-corrected chi connectivity index (χ2v) is 6.07. The smallest absolute Gasteiger partial charge is 0.335 e. The molecule has 0 fully saturated rings. The molecule has 3 heteroatoms. The molecule has 0 unspecified atom stereocenters. The Balaban J connectivity index is 2.09. The van der Waals surface area contributed by atoms with Gasteiger partial charge in [-0.15, -0.1) is 0 Å². The first-order chi connectivity index (χ1) is 11.8. The van der Waals surface area contributed by atoms with Crippen LogP contribution in [0.1, 0.15) is 63.9 Å². The number of ether oxygens (including phenoxy) is 2. The molecule has 0 spiro atoms. The molecule has 1 rings (SSSR count). The first kappa shape index (κ1) is 20.4. The number of hydrogen-bond donors (Lipinski definition) is 0. The Labute approximate surface area is 147 Å². The normalized spacial score (nSPS) is 10.5. The summed E-state index contributed by atoms with van der Waals surface area (Å²) in [6.07, 6.45) is 11.9. The number of carbonyl (C=O) groups excluding carboxylic acids is 1. The summed E-state index contributed by atoms with van der Waals surface area (Å²) in [5, 5.41) is 0. The van der Waals surface area contributed by atoms with Crippen LogP contribution >= 0.6 is 0 Å². The Kier molecular flexibility index (Phi) is 11.7. The van der Waals surface area contributed by atoms with Gasteiger partial charge in [0.05, 0.1) is 0 Å². The van der Waals surface area contributed by atoms with Crippen molar-refractivity contribution in [1.82, 2.24) is 0 Å². The third-order valence-electron chi connectivity index (χ3n) is 3.93. The summed E-state index contributed by atoms with van der Waals surface area (Å²) in [6.45, 7) is 7.38.